The van der Waals surface area contributed by atoms with Gasteiger partial charge in [0.25, 0.3) is 0 Å². The van der Waals surface area contributed by atoms with E-state index in [9.17, 15) is 4.79 Å². The Morgan fingerprint density at radius 1 is 1.47 bits per heavy atom. The van der Waals surface area contributed by atoms with Crippen molar-refractivity contribution >= 4 is 17.6 Å². The van der Waals surface area contributed by atoms with Crippen molar-refractivity contribution in [1.82, 2.24) is 5.16 Å². The van der Waals surface area contributed by atoms with Crippen LogP contribution in [0.15, 0.2) is 22.7 Å². The molecule has 19 heavy (non-hydrogen) atoms. The third-order valence-electron chi connectivity index (χ3n) is 2.73. The Morgan fingerprint density at radius 2 is 2.21 bits per heavy atom. The first-order valence-corrected chi connectivity index (χ1v) is 5.94. The molecule has 0 saturated carbocycles. The van der Waals surface area contributed by atoms with Gasteiger partial charge in [0.1, 0.15) is 23.7 Å². The number of benzene rings is 1. The van der Waals surface area contributed by atoms with E-state index < -0.39 is 5.97 Å². The van der Waals surface area contributed by atoms with E-state index in [1.807, 2.05) is 0 Å². The van der Waals surface area contributed by atoms with Crippen LogP contribution in [0.2, 0.25) is 5.02 Å². The number of rotatable bonds is 4. The van der Waals surface area contributed by atoms with E-state index in [0.717, 1.165) is 11.3 Å². The predicted molar refractivity (Wildman–Crippen MR) is 68.7 cm³/mol. The smallest absolute Gasteiger partial charge is 0.339 e. The van der Waals surface area contributed by atoms with Crippen molar-refractivity contribution in [1.29, 1.82) is 0 Å². The molecule has 0 atom stereocenters. The predicted octanol–water partition coefficient (Wildman–Crippen LogP) is 3.22. The summed E-state index contributed by atoms with van der Waals surface area (Å²) in [4.78, 5) is 11.1. The number of ether oxygens (including phenoxy) is 1. The molecule has 0 fully saturated rings. The summed E-state index contributed by atoms with van der Waals surface area (Å²) in [6.45, 7) is 3.75. The molecule has 0 aliphatic carbocycles. The second-order valence-electron chi connectivity index (χ2n) is 4.04. The summed E-state index contributed by atoms with van der Waals surface area (Å²) in [5, 5.41) is 13.3. The van der Waals surface area contributed by atoms with Crippen molar-refractivity contribution in [3.8, 4) is 5.75 Å². The molecule has 2 aromatic rings. The van der Waals surface area contributed by atoms with E-state index in [2.05, 4.69) is 5.16 Å². The molecule has 1 aromatic carbocycles. The summed E-state index contributed by atoms with van der Waals surface area (Å²) >= 11 is 5.84. The molecule has 0 aliphatic heterocycles. The normalized spacial score (nSPS) is 10.5. The van der Waals surface area contributed by atoms with Gasteiger partial charge in [0.2, 0.25) is 0 Å². The standard InChI is InChI=1S/C13H12ClNO4/c1-7-11(8(2)19-15-7)6-18-12-5-9(14)3-4-10(12)13(16)17/h3-5H,6H2,1-2H3,(H,16,17). The summed E-state index contributed by atoms with van der Waals surface area (Å²) in [7, 11) is 0. The maximum Gasteiger partial charge on any atom is 0.339 e. The number of nitrogens with zero attached hydrogens (tertiary/aromatic N) is 1. The zero-order chi connectivity index (χ0) is 14.0. The molecule has 0 spiro atoms. The molecular weight excluding hydrogens is 270 g/mol. The third kappa shape index (κ3) is 2.88. The highest BCUT2D eigenvalue weighted by atomic mass is 35.5. The lowest BCUT2D eigenvalue weighted by molar-refractivity contribution is 0.0692. The molecule has 1 N–H and O–H groups in total. The fourth-order valence-electron chi connectivity index (χ4n) is 1.65. The van der Waals surface area contributed by atoms with E-state index >= 15 is 0 Å². The Balaban J connectivity index is 2.24. The Hall–Kier alpha value is -2.01. The monoisotopic (exact) mass is 281 g/mol. The van der Waals surface area contributed by atoms with Crippen molar-refractivity contribution in [3.63, 3.8) is 0 Å². The first kappa shape index (κ1) is 13.4. The number of hydrogen-bond donors (Lipinski definition) is 1. The van der Waals surface area contributed by atoms with E-state index in [1.54, 1.807) is 13.8 Å². The van der Waals surface area contributed by atoms with Gasteiger partial charge in [-0.3, -0.25) is 0 Å². The summed E-state index contributed by atoms with van der Waals surface area (Å²) < 4.78 is 10.5. The maximum absolute atomic E-state index is 11.1. The van der Waals surface area contributed by atoms with E-state index in [-0.39, 0.29) is 17.9 Å². The molecule has 6 heteroatoms. The number of halogens is 1. The van der Waals surface area contributed by atoms with Crippen LogP contribution in [-0.4, -0.2) is 16.2 Å². The Labute approximate surface area is 114 Å². The first-order chi connectivity index (χ1) is 8.99. The molecule has 5 nitrogen and oxygen atoms in total. The van der Waals surface area contributed by atoms with E-state index in [1.165, 1.54) is 18.2 Å². The Morgan fingerprint density at radius 3 is 2.79 bits per heavy atom. The quantitative estimate of drug-likeness (QED) is 0.931. The molecule has 2 rings (SSSR count). The van der Waals surface area contributed by atoms with Gasteiger partial charge >= 0.3 is 5.97 Å². The van der Waals surface area contributed by atoms with Gasteiger partial charge in [0, 0.05) is 5.02 Å². The summed E-state index contributed by atoms with van der Waals surface area (Å²) in [5.41, 5.74) is 1.59. The van der Waals surface area contributed by atoms with Crippen LogP contribution in [0.4, 0.5) is 0 Å². The van der Waals surface area contributed by atoms with Gasteiger partial charge in [-0.25, -0.2) is 4.79 Å². The Bertz CT molecular complexity index is 602. The second kappa shape index (κ2) is 5.32. The average Bonchev–Trinajstić information content (AvgIpc) is 2.66. The topological polar surface area (TPSA) is 72.6 Å². The molecule has 0 saturated heterocycles. The number of hydrogen-bond acceptors (Lipinski definition) is 4. The average molecular weight is 282 g/mol. The number of aryl methyl sites for hydroxylation is 2. The minimum Gasteiger partial charge on any atom is -0.488 e. The lowest BCUT2D eigenvalue weighted by Crippen LogP contribution is -2.04. The summed E-state index contributed by atoms with van der Waals surface area (Å²) in [5.74, 6) is -0.193. The maximum atomic E-state index is 11.1. The van der Waals surface area contributed by atoms with Crippen molar-refractivity contribution in [2.45, 2.75) is 20.5 Å². The lowest BCUT2D eigenvalue weighted by Gasteiger charge is -2.09. The third-order valence-corrected chi connectivity index (χ3v) is 2.96. The summed E-state index contributed by atoms with van der Waals surface area (Å²) in [6, 6.07) is 4.39. The zero-order valence-corrected chi connectivity index (χ0v) is 11.2. The van der Waals surface area contributed by atoms with Gasteiger partial charge in [0.15, 0.2) is 0 Å². The summed E-state index contributed by atoms with van der Waals surface area (Å²) in [6.07, 6.45) is 0. The zero-order valence-electron chi connectivity index (χ0n) is 10.4. The van der Waals surface area contributed by atoms with Gasteiger partial charge in [-0.2, -0.15) is 0 Å². The van der Waals surface area contributed by atoms with Crippen LogP contribution in [0.1, 0.15) is 27.4 Å². The number of carboxylic acid groups (broad SMARTS) is 1. The number of aromatic carboxylic acids is 1. The highest BCUT2D eigenvalue weighted by molar-refractivity contribution is 6.30. The lowest BCUT2D eigenvalue weighted by atomic mass is 10.2. The molecule has 0 aliphatic rings. The van der Waals surface area contributed by atoms with Gasteiger partial charge in [0.05, 0.1) is 11.3 Å². The highest BCUT2D eigenvalue weighted by Crippen LogP contribution is 2.25. The van der Waals surface area contributed by atoms with Crippen molar-refractivity contribution in [2.75, 3.05) is 0 Å². The van der Waals surface area contributed by atoms with Crippen molar-refractivity contribution in [2.24, 2.45) is 0 Å². The van der Waals surface area contributed by atoms with Gasteiger partial charge in [-0.05, 0) is 32.0 Å². The van der Waals surface area contributed by atoms with Gasteiger partial charge in [-0.1, -0.05) is 16.8 Å². The number of carboxylic acids is 1. The molecule has 1 heterocycles. The number of aromatic nitrogens is 1. The number of carbonyl (C=O) groups is 1. The van der Waals surface area contributed by atoms with Gasteiger partial charge < -0.3 is 14.4 Å². The van der Waals surface area contributed by atoms with Crippen molar-refractivity contribution in [3.05, 3.63) is 45.8 Å². The molecule has 0 radical (unpaired) electrons. The molecule has 0 bridgehead atoms. The van der Waals surface area contributed by atoms with E-state index in [0.29, 0.717) is 10.8 Å². The fourth-order valence-corrected chi connectivity index (χ4v) is 1.81. The Kier molecular flexibility index (Phi) is 3.76. The molecular formula is C13H12ClNO4. The van der Waals surface area contributed by atoms with Crippen LogP contribution in [-0.2, 0) is 6.61 Å². The van der Waals surface area contributed by atoms with Crippen LogP contribution in [0.5, 0.6) is 5.75 Å². The highest BCUT2D eigenvalue weighted by Gasteiger charge is 2.14. The minimum absolute atomic E-state index is 0.0659. The molecule has 1 aromatic heterocycles. The largest absolute Gasteiger partial charge is 0.488 e. The SMILES string of the molecule is Cc1noc(C)c1COc1cc(Cl)ccc1C(=O)O. The van der Waals surface area contributed by atoms with Crippen LogP contribution in [0, 0.1) is 13.8 Å². The minimum atomic E-state index is -1.06. The molecule has 0 unspecified atom stereocenters. The first-order valence-electron chi connectivity index (χ1n) is 5.56. The van der Waals surface area contributed by atoms with Crippen LogP contribution < -0.4 is 4.74 Å². The van der Waals surface area contributed by atoms with Crippen LogP contribution in [0.25, 0.3) is 0 Å². The van der Waals surface area contributed by atoms with Crippen LogP contribution in [0.3, 0.4) is 0 Å². The van der Waals surface area contributed by atoms with Gasteiger partial charge in [-0.15, -0.1) is 0 Å². The fraction of sp³-hybridized carbons (Fsp3) is 0.231. The van der Waals surface area contributed by atoms with E-state index in [4.69, 9.17) is 26.0 Å². The second-order valence-corrected chi connectivity index (χ2v) is 4.47. The van der Waals surface area contributed by atoms with Crippen LogP contribution >= 0.6 is 11.6 Å². The molecule has 0 amide bonds. The molecule has 100 valence electrons. The van der Waals surface area contributed by atoms with Crippen molar-refractivity contribution < 1.29 is 19.2 Å².